The average molecular weight is 375 g/mol. The van der Waals surface area contributed by atoms with Crippen molar-refractivity contribution in [2.75, 3.05) is 26.3 Å². The third-order valence-corrected chi connectivity index (χ3v) is 4.87. The van der Waals surface area contributed by atoms with E-state index in [1.54, 1.807) is 12.1 Å². The molecule has 5 nitrogen and oxygen atoms in total. The maximum absolute atomic E-state index is 12.9. The summed E-state index contributed by atoms with van der Waals surface area (Å²) in [6.07, 6.45) is 0.845. The third-order valence-electron chi connectivity index (χ3n) is 4.87. The number of nitrogens with zero attached hydrogens (tertiary/aromatic N) is 1. The first-order chi connectivity index (χ1) is 12.2. The van der Waals surface area contributed by atoms with Gasteiger partial charge in [-0.15, -0.1) is 12.4 Å². The van der Waals surface area contributed by atoms with Crippen molar-refractivity contribution >= 4 is 18.3 Å². The summed E-state index contributed by atoms with van der Waals surface area (Å²) in [5.74, 6) is 1.51. The molecule has 138 valence electrons. The van der Waals surface area contributed by atoms with E-state index in [0.29, 0.717) is 43.4 Å². The lowest BCUT2D eigenvalue weighted by Gasteiger charge is -2.17. The molecule has 2 aromatic carbocycles. The van der Waals surface area contributed by atoms with Gasteiger partial charge in [0.1, 0.15) is 0 Å². The van der Waals surface area contributed by atoms with Crippen molar-refractivity contribution in [3.63, 3.8) is 0 Å². The summed E-state index contributed by atoms with van der Waals surface area (Å²) >= 11 is 0. The molecule has 1 amide bonds. The summed E-state index contributed by atoms with van der Waals surface area (Å²) < 4.78 is 11.3. The smallest absolute Gasteiger partial charge is 0.254 e. The van der Waals surface area contributed by atoms with Gasteiger partial charge in [-0.2, -0.15) is 0 Å². The van der Waals surface area contributed by atoms with E-state index in [9.17, 15) is 4.79 Å². The van der Waals surface area contributed by atoms with Crippen LogP contribution in [0.5, 0.6) is 11.5 Å². The second kappa shape index (κ2) is 7.98. The highest BCUT2D eigenvalue weighted by molar-refractivity contribution is 5.95. The molecule has 26 heavy (non-hydrogen) atoms. The Hall–Kier alpha value is -2.24. The fourth-order valence-electron chi connectivity index (χ4n) is 3.53. The van der Waals surface area contributed by atoms with Crippen LogP contribution in [-0.4, -0.2) is 43.2 Å². The number of amides is 1. The van der Waals surface area contributed by atoms with E-state index < -0.39 is 0 Å². The van der Waals surface area contributed by atoms with Crippen LogP contribution in [0.2, 0.25) is 0 Å². The number of hydrogen-bond acceptors (Lipinski definition) is 4. The maximum Gasteiger partial charge on any atom is 0.254 e. The third kappa shape index (κ3) is 3.64. The molecule has 0 aromatic heterocycles. The number of likely N-dealkylation sites (tertiary alicyclic amines) is 1. The fraction of sp³-hybridized carbons (Fsp3) is 0.350. The normalized spacial score (nSPS) is 21.7. The Bertz CT molecular complexity index is 769. The molecule has 2 aromatic rings. The van der Waals surface area contributed by atoms with Gasteiger partial charge in [0, 0.05) is 37.0 Å². The first-order valence-electron chi connectivity index (χ1n) is 8.72. The molecule has 1 fully saturated rings. The van der Waals surface area contributed by atoms with Crippen LogP contribution in [-0.2, 0) is 0 Å². The molecule has 2 N–H and O–H groups in total. The van der Waals surface area contributed by atoms with Gasteiger partial charge in [0.15, 0.2) is 11.5 Å². The first-order valence-corrected chi connectivity index (χ1v) is 8.72. The van der Waals surface area contributed by atoms with Gasteiger partial charge >= 0.3 is 0 Å². The molecule has 2 heterocycles. The highest BCUT2D eigenvalue weighted by Crippen LogP contribution is 2.32. The molecule has 0 saturated carbocycles. The number of halogens is 1. The van der Waals surface area contributed by atoms with Crippen molar-refractivity contribution < 1.29 is 14.3 Å². The summed E-state index contributed by atoms with van der Waals surface area (Å²) in [5.41, 5.74) is 8.11. The molecule has 6 heteroatoms. The van der Waals surface area contributed by atoms with Crippen molar-refractivity contribution in [2.45, 2.75) is 18.4 Å². The molecule has 1 saturated heterocycles. The zero-order chi connectivity index (χ0) is 17.2. The summed E-state index contributed by atoms with van der Waals surface area (Å²) in [6, 6.07) is 15.5. The van der Waals surface area contributed by atoms with Gasteiger partial charge in [0.05, 0.1) is 13.2 Å². The number of hydrogen-bond donors (Lipinski definition) is 1. The Labute approximate surface area is 159 Å². The predicted octanol–water partition coefficient (Wildman–Crippen LogP) is 2.84. The van der Waals surface area contributed by atoms with Crippen LogP contribution in [0.4, 0.5) is 0 Å². The number of rotatable bonds is 2. The molecule has 4 rings (SSSR count). The minimum Gasteiger partial charge on any atom is -0.490 e. The Morgan fingerprint density at radius 1 is 1.00 bits per heavy atom. The SMILES string of the molecule is Cl.N[C@@H]1CN(C(=O)c2ccc3c(c2)OCCCO3)C[C@H]1c1ccccc1. The first kappa shape index (κ1) is 18.5. The molecule has 0 bridgehead atoms. The van der Waals surface area contributed by atoms with Gasteiger partial charge in [-0.25, -0.2) is 0 Å². The zero-order valence-corrected chi connectivity index (χ0v) is 15.3. The highest BCUT2D eigenvalue weighted by Gasteiger charge is 2.34. The number of carbonyl (C=O) groups excluding carboxylic acids is 1. The highest BCUT2D eigenvalue weighted by atomic mass is 35.5. The summed E-state index contributed by atoms with van der Waals surface area (Å²) in [6.45, 7) is 2.45. The van der Waals surface area contributed by atoms with E-state index in [0.717, 1.165) is 6.42 Å². The predicted molar refractivity (Wildman–Crippen MR) is 102 cm³/mol. The van der Waals surface area contributed by atoms with E-state index in [1.807, 2.05) is 29.2 Å². The Kier molecular flexibility index (Phi) is 5.69. The topological polar surface area (TPSA) is 64.8 Å². The number of ether oxygens (including phenoxy) is 2. The molecule has 0 aliphatic carbocycles. The molecule has 0 spiro atoms. The minimum absolute atomic E-state index is 0. The lowest BCUT2D eigenvalue weighted by atomic mass is 9.95. The number of benzene rings is 2. The van der Waals surface area contributed by atoms with Gasteiger partial charge in [-0.05, 0) is 23.8 Å². The second-order valence-corrected chi connectivity index (χ2v) is 6.60. The summed E-state index contributed by atoms with van der Waals surface area (Å²) in [7, 11) is 0. The minimum atomic E-state index is -0.0493. The summed E-state index contributed by atoms with van der Waals surface area (Å²) in [4.78, 5) is 14.8. The lowest BCUT2D eigenvalue weighted by Crippen LogP contribution is -2.32. The van der Waals surface area contributed by atoms with Crippen LogP contribution in [0.15, 0.2) is 48.5 Å². The van der Waals surface area contributed by atoms with Gasteiger partial charge in [-0.3, -0.25) is 4.79 Å². The lowest BCUT2D eigenvalue weighted by molar-refractivity contribution is 0.0788. The molecule has 0 radical (unpaired) electrons. The molecule has 2 atom stereocenters. The van der Waals surface area contributed by atoms with Crippen LogP contribution in [0.1, 0.15) is 28.3 Å². The van der Waals surface area contributed by atoms with Gasteiger partial charge in [0.2, 0.25) is 0 Å². The molecular weight excluding hydrogens is 352 g/mol. The Morgan fingerprint density at radius 3 is 2.50 bits per heavy atom. The van der Waals surface area contributed by atoms with Gasteiger partial charge < -0.3 is 20.1 Å². The average Bonchev–Trinajstić information content (AvgIpc) is 2.88. The Morgan fingerprint density at radius 2 is 1.73 bits per heavy atom. The Balaban J connectivity index is 0.00000196. The van der Waals surface area contributed by atoms with Gasteiger partial charge in [-0.1, -0.05) is 30.3 Å². The van der Waals surface area contributed by atoms with Crippen molar-refractivity contribution in [3.8, 4) is 11.5 Å². The van der Waals surface area contributed by atoms with E-state index in [4.69, 9.17) is 15.2 Å². The van der Waals surface area contributed by atoms with E-state index >= 15 is 0 Å². The van der Waals surface area contributed by atoms with Crippen LogP contribution in [0.3, 0.4) is 0 Å². The molecule has 2 aliphatic rings. The van der Waals surface area contributed by atoms with Gasteiger partial charge in [0.25, 0.3) is 5.91 Å². The van der Waals surface area contributed by atoms with Crippen LogP contribution >= 0.6 is 12.4 Å². The number of carbonyl (C=O) groups is 1. The monoisotopic (exact) mass is 374 g/mol. The van der Waals surface area contributed by atoms with E-state index in [-0.39, 0.29) is 30.3 Å². The largest absolute Gasteiger partial charge is 0.490 e. The zero-order valence-electron chi connectivity index (χ0n) is 14.5. The van der Waals surface area contributed by atoms with Crippen molar-refractivity contribution in [2.24, 2.45) is 5.73 Å². The molecule has 2 aliphatic heterocycles. The molecule has 0 unspecified atom stereocenters. The quantitative estimate of drug-likeness (QED) is 0.877. The number of nitrogens with two attached hydrogens (primary N) is 1. The van der Waals surface area contributed by atoms with Crippen LogP contribution < -0.4 is 15.2 Å². The second-order valence-electron chi connectivity index (χ2n) is 6.60. The molecular formula is C20H23ClN2O3. The summed E-state index contributed by atoms with van der Waals surface area (Å²) in [5, 5.41) is 0. The maximum atomic E-state index is 12.9. The van der Waals surface area contributed by atoms with Crippen molar-refractivity contribution in [3.05, 3.63) is 59.7 Å². The van der Waals surface area contributed by atoms with E-state index in [2.05, 4.69) is 12.1 Å². The fourth-order valence-corrected chi connectivity index (χ4v) is 3.53. The standard InChI is InChI=1S/C20H22N2O3.ClH/c21-17-13-22(12-16(17)14-5-2-1-3-6-14)20(23)15-7-8-18-19(11-15)25-10-4-9-24-18;/h1-3,5-8,11,16-17H,4,9-10,12-13,21H2;1H/t16-,17+;/m0./s1. The van der Waals surface area contributed by atoms with Crippen molar-refractivity contribution in [1.29, 1.82) is 0 Å². The van der Waals surface area contributed by atoms with E-state index in [1.165, 1.54) is 5.56 Å². The van der Waals surface area contributed by atoms with Crippen molar-refractivity contribution in [1.82, 2.24) is 4.90 Å². The van der Waals surface area contributed by atoms with Crippen LogP contribution in [0, 0.1) is 0 Å². The van der Waals surface area contributed by atoms with Crippen LogP contribution in [0.25, 0.3) is 0 Å². The number of fused-ring (bicyclic) bond motifs is 1.